The van der Waals surface area contributed by atoms with Gasteiger partial charge in [-0.1, -0.05) is 19.3 Å². The summed E-state index contributed by atoms with van der Waals surface area (Å²) in [5.74, 6) is -1.99. The zero-order valence-electron chi connectivity index (χ0n) is 15.0. The summed E-state index contributed by atoms with van der Waals surface area (Å²) >= 11 is 0. The molecule has 0 spiro atoms. The summed E-state index contributed by atoms with van der Waals surface area (Å²) in [5.41, 5.74) is 0. The van der Waals surface area contributed by atoms with E-state index in [2.05, 4.69) is 4.74 Å². The minimum Gasteiger partial charge on any atom is -0.481 e. The lowest BCUT2D eigenvalue weighted by molar-refractivity contribution is -0.148. The fourth-order valence-corrected chi connectivity index (χ4v) is 3.48. The van der Waals surface area contributed by atoms with E-state index in [0.717, 1.165) is 25.7 Å². The van der Waals surface area contributed by atoms with Crippen LogP contribution in [0.1, 0.15) is 64.7 Å². The first-order valence-corrected chi connectivity index (χ1v) is 8.83. The van der Waals surface area contributed by atoms with E-state index in [4.69, 9.17) is 9.84 Å². The molecule has 0 saturated heterocycles. The van der Waals surface area contributed by atoms with Crippen molar-refractivity contribution in [2.75, 3.05) is 7.11 Å². The molecule has 7 heteroatoms. The van der Waals surface area contributed by atoms with Crippen molar-refractivity contribution < 1.29 is 33.8 Å². The highest BCUT2D eigenvalue weighted by molar-refractivity contribution is 5.85. The molecule has 3 atom stereocenters. The molecule has 0 aromatic rings. The number of ketones is 1. The third-order valence-corrected chi connectivity index (χ3v) is 4.69. The Hall–Kier alpha value is -1.92. The Morgan fingerprint density at radius 1 is 1.08 bits per heavy atom. The second-order valence-corrected chi connectivity index (χ2v) is 6.55. The van der Waals surface area contributed by atoms with E-state index in [9.17, 15) is 19.2 Å². The van der Waals surface area contributed by atoms with Crippen LogP contribution in [0.4, 0.5) is 0 Å². The lowest BCUT2D eigenvalue weighted by atomic mass is 9.86. The Bertz CT molecular complexity index is 486. The van der Waals surface area contributed by atoms with E-state index in [1.54, 1.807) is 0 Å². The van der Waals surface area contributed by atoms with E-state index in [1.807, 2.05) is 0 Å². The van der Waals surface area contributed by atoms with Crippen LogP contribution >= 0.6 is 0 Å². The van der Waals surface area contributed by atoms with Crippen molar-refractivity contribution in [3.63, 3.8) is 0 Å². The van der Waals surface area contributed by atoms with Gasteiger partial charge < -0.3 is 14.6 Å². The first-order chi connectivity index (χ1) is 11.8. The number of unbranched alkanes of at least 4 members (excludes halogenated alkanes) is 3. The molecule has 0 heterocycles. The second kappa shape index (κ2) is 10.8. The Kier molecular flexibility index (Phi) is 9.16. The van der Waals surface area contributed by atoms with Crippen molar-refractivity contribution in [1.82, 2.24) is 0 Å². The molecule has 0 aromatic carbocycles. The maximum absolute atomic E-state index is 12.3. The summed E-state index contributed by atoms with van der Waals surface area (Å²) in [6.07, 6.45) is 4.39. The predicted molar refractivity (Wildman–Crippen MR) is 88.7 cm³/mol. The SMILES string of the molecule is COC(=O)CCCCCCC1C(=O)CC(OC(C)=O)C1CCC(=O)O. The number of Topliss-reactive ketones (excluding diaryl/α,β-unsaturated/α-hetero) is 1. The van der Waals surface area contributed by atoms with Gasteiger partial charge in [0.15, 0.2) is 0 Å². The first kappa shape index (κ1) is 21.1. The number of carbonyl (C=O) groups is 4. The summed E-state index contributed by atoms with van der Waals surface area (Å²) in [4.78, 5) is 45.4. The van der Waals surface area contributed by atoms with E-state index in [0.29, 0.717) is 19.3 Å². The topological polar surface area (TPSA) is 107 Å². The van der Waals surface area contributed by atoms with E-state index < -0.39 is 18.0 Å². The fraction of sp³-hybridized carbons (Fsp3) is 0.778. The van der Waals surface area contributed by atoms with E-state index in [1.165, 1.54) is 14.0 Å². The molecule has 142 valence electrons. The number of carboxylic acids is 1. The molecule has 0 bridgehead atoms. The van der Waals surface area contributed by atoms with Crippen LogP contribution in [-0.4, -0.2) is 42.0 Å². The van der Waals surface area contributed by atoms with Gasteiger partial charge in [-0.05, 0) is 19.3 Å². The Morgan fingerprint density at radius 2 is 1.76 bits per heavy atom. The van der Waals surface area contributed by atoms with Crippen LogP contribution in [-0.2, 0) is 28.7 Å². The maximum atomic E-state index is 12.3. The van der Waals surface area contributed by atoms with Crippen molar-refractivity contribution in [2.24, 2.45) is 11.8 Å². The molecule has 1 rings (SSSR count). The summed E-state index contributed by atoms with van der Waals surface area (Å²) < 4.78 is 9.82. The molecule has 1 N–H and O–H groups in total. The quantitative estimate of drug-likeness (QED) is 0.447. The van der Waals surface area contributed by atoms with Crippen molar-refractivity contribution in [3.05, 3.63) is 0 Å². The van der Waals surface area contributed by atoms with Crippen molar-refractivity contribution in [1.29, 1.82) is 0 Å². The zero-order chi connectivity index (χ0) is 18.8. The molecule has 0 aromatic heterocycles. The molecule has 1 fully saturated rings. The van der Waals surface area contributed by atoms with Crippen LogP contribution in [0.5, 0.6) is 0 Å². The molecule has 1 aliphatic carbocycles. The van der Waals surface area contributed by atoms with E-state index >= 15 is 0 Å². The van der Waals surface area contributed by atoms with Crippen LogP contribution < -0.4 is 0 Å². The lowest BCUT2D eigenvalue weighted by Crippen LogP contribution is -2.25. The molecule has 25 heavy (non-hydrogen) atoms. The second-order valence-electron chi connectivity index (χ2n) is 6.55. The summed E-state index contributed by atoms with van der Waals surface area (Å²) in [5, 5.41) is 8.90. The van der Waals surface area contributed by atoms with Crippen LogP contribution in [0.2, 0.25) is 0 Å². The monoisotopic (exact) mass is 356 g/mol. The van der Waals surface area contributed by atoms with Gasteiger partial charge in [0.2, 0.25) is 0 Å². The van der Waals surface area contributed by atoms with Gasteiger partial charge in [-0.15, -0.1) is 0 Å². The molecular formula is C18H28O7. The molecule has 1 aliphatic rings. The number of methoxy groups -OCH3 is 1. The molecule has 3 unspecified atom stereocenters. The van der Waals surface area contributed by atoms with Crippen LogP contribution in [0, 0.1) is 11.8 Å². The van der Waals surface area contributed by atoms with Crippen LogP contribution in [0.3, 0.4) is 0 Å². The van der Waals surface area contributed by atoms with Crippen LogP contribution in [0.15, 0.2) is 0 Å². The van der Waals surface area contributed by atoms with Gasteiger partial charge in [0.05, 0.1) is 7.11 Å². The lowest BCUT2D eigenvalue weighted by Gasteiger charge is -2.23. The molecule has 0 aliphatic heterocycles. The molecule has 0 amide bonds. The summed E-state index contributed by atoms with van der Waals surface area (Å²) in [6, 6.07) is 0. The molecule has 7 nitrogen and oxygen atoms in total. The minimum atomic E-state index is -0.914. The highest BCUT2D eigenvalue weighted by Gasteiger charge is 2.43. The number of esters is 2. The predicted octanol–water partition coefficient (Wildman–Crippen LogP) is 2.50. The number of rotatable bonds is 11. The van der Waals surface area contributed by atoms with Gasteiger partial charge in [-0.3, -0.25) is 19.2 Å². The third kappa shape index (κ3) is 7.67. The summed E-state index contributed by atoms with van der Waals surface area (Å²) in [6.45, 7) is 1.30. The molecule has 1 saturated carbocycles. The van der Waals surface area contributed by atoms with Gasteiger partial charge in [0.25, 0.3) is 0 Å². The number of aliphatic carboxylic acids is 1. The average Bonchev–Trinajstić information content (AvgIpc) is 2.82. The molecular weight excluding hydrogens is 328 g/mol. The number of hydrogen-bond acceptors (Lipinski definition) is 6. The van der Waals surface area contributed by atoms with Crippen molar-refractivity contribution in [3.8, 4) is 0 Å². The number of ether oxygens (including phenoxy) is 2. The fourth-order valence-electron chi connectivity index (χ4n) is 3.48. The summed E-state index contributed by atoms with van der Waals surface area (Å²) in [7, 11) is 1.37. The highest BCUT2D eigenvalue weighted by Crippen LogP contribution is 2.38. The number of carboxylic acid groups (broad SMARTS) is 1. The van der Waals surface area contributed by atoms with Gasteiger partial charge in [0, 0.05) is 38.0 Å². The standard InChI is InChI=1S/C18H28O7/c1-12(19)25-16-11-15(20)13(14(16)9-10-17(21)22)7-5-3-4-6-8-18(23)24-2/h13-14,16H,3-11H2,1-2H3,(H,21,22). The van der Waals surface area contributed by atoms with Gasteiger partial charge in [-0.25, -0.2) is 0 Å². The normalized spacial score (nSPS) is 22.6. The Labute approximate surface area is 148 Å². The van der Waals surface area contributed by atoms with Crippen molar-refractivity contribution in [2.45, 2.75) is 70.8 Å². The van der Waals surface area contributed by atoms with Gasteiger partial charge in [0.1, 0.15) is 11.9 Å². The Morgan fingerprint density at radius 3 is 2.36 bits per heavy atom. The number of carbonyl (C=O) groups excluding carboxylic acids is 3. The van der Waals surface area contributed by atoms with Crippen molar-refractivity contribution >= 4 is 23.7 Å². The third-order valence-electron chi connectivity index (χ3n) is 4.69. The van der Waals surface area contributed by atoms with Crippen LogP contribution in [0.25, 0.3) is 0 Å². The van der Waals surface area contributed by atoms with Gasteiger partial charge in [-0.2, -0.15) is 0 Å². The van der Waals surface area contributed by atoms with Gasteiger partial charge >= 0.3 is 17.9 Å². The first-order valence-electron chi connectivity index (χ1n) is 8.83. The molecule has 0 radical (unpaired) electrons. The average molecular weight is 356 g/mol. The van der Waals surface area contributed by atoms with E-state index in [-0.39, 0.29) is 36.4 Å². The number of hydrogen-bond donors (Lipinski definition) is 1. The highest BCUT2D eigenvalue weighted by atomic mass is 16.5. The largest absolute Gasteiger partial charge is 0.481 e. The minimum absolute atomic E-state index is 0.0364. The smallest absolute Gasteiger partial charge is 0.305 e. The zero-order valence-corrected chi connectivity index (χ0v) is 15.0. The Balaban J connectivity index is 2.47. The maximum Gasteiger partial charge on any atom is 0.305 e.